The van der Waals surface area contributed by atoms with Crippen molar-refractivity contribution >= 4 is 9.84 Å². The molecule has 1 saturated carbocycles. The fraction of sp³-hybridized carbons (Fsp3) is 1.00. The molecule has 0 N–H and O–H groups in total. The smallest absolute Gasteiger partial charge is 0.228 e. The topological polar surface area (TPSA) is 34.1 Å². The zero-order chi connectivity index (χ0) is 8.70. The van der Waals surface area contributed by atoms with Crippen molar-refractivity contribution in [3.8, 4) is 0 Å². The second-order valence-electron chi connectivity index (χ2n) is 2.62. The quantitative estimate of drug-likeness (QED) is 0.650. The maximum atomic E-state index is 11.6. The highest BCUT2D eigenvalue weighted by Crippen LogP contribution is 2.32. The third-order valence-corrected chi connectivity index (χ3v) is 3.61. The summed E-state index contributed by atoms with van der Waals surface area (Å²) in [6.07, 6.45) is -3.81. The Kier molecular flexibility index (Phi) is 1.90. The summed E-state index contributed by atoms with van der Waals surface area (Å²) in [7, 11) is -3.87. The van der Waals surface area contributed by atoms with Crippen LogP contribution >= 0.6 is 0 Å². The van der Waals surface area contributed by atoms with Gasteiger partial charge >= 0.3 is 6.18 Å². The van der Waals surface area contributed by atoms with Crippen LogP contribution in [0.3, 0.4) is 0 Å². The van der Waals surface area contributed by atoms with Crippen LogP contribution < -0.4 is 0 Å². The van der Waals surface area contributed by atoms with Gasteiger partial charge in [0.2, 0.25) is 0 Å². The number of rotatable bonds is 2. The van der Waals surface area contributed by atoms with Gasteiger partial charge in [-0.05, 0) is 12.8 Å². The summed E-state index contributed by atoms with van der Waals surface area (Å²) in [4.78, 5) is 0. The van der Waals surface area contributed by atoms with Crippen LogP contribution in [0.4, 0.5) is 13.2 Å². The maximum Gasteiger partial charge on any atom is 0.402 e. The summed E-state index contributed by atoms with van der Waals surface area (Å²) in [5, 5.41) is -0.718. The lowest BCUT2D eigenvalue weighted by molar-refractivity contribution is -0.106. The lowest BCUT2D eigenvalue weighted by atomic mass is 10.8. The molecule has 0 atom stereocenters. The van der Waals surface area contributed by atoms with Gasteiger partial charge in [-0.15, -0.1) is 0 Å². The Morgan fingerprint density at radius 2 is 1.73 bits per heavy atom. The van der Waals surface area contributed by atoms with Gasteiger partial charge in [0.25, 0.3) is 0 Å². The third-order valence-electron chi connectivity index (χ3n) is 1.40. The molecule has 0 aliphatic heterocycles. The molecule has 6 heteroatoms. The van der Waals surface area contributed by atoms with Crippen molar-refractivity contribution in [2.45, 2.75) is 24.3 Å². The van der Waals surface area contributed by atoms with Crippen LogP contribution in [0.25, 0.3) is 0 Å². The molecule has 0 radical (unpaired) electrons. The summed E-state index contributed by atoms with van der Waals surface area (Å²) in [5.41, 5.74) is 0. The molecule has 0 bridgehead atoms. The molecule has 0 aromatic heterocycles. The maximum absolute atomic E-state index is 11.6. The number of hydrogen-bond donors (Lipinski definition) is 0. The minimum Gasteiger partial charge on any atom is -0.228 e. The highest BCUT2D eigenvalue weighted by Gasteiger charge is 2.43. The minimum atomic E-state index is -4.58. The van der Waals surface area contributed by atoms with E-state index in [0.717, 1.165) is 0 Å². The minimum absolute atomic E-state index is 0.387. The average molecular weight is 188 g/mol. The molecular weight excluding hydrogens is 181 g/mol. The lowest BCUT2D eigenvalue weighted by Crippen LogP contribution is -2.25. The van der Waals surface area contributed by atoms with E-state index in [0.29, 0.717) is 12.8 Å². The highest BCUT2D eigenvalue weighted by atomic mass is 32.2. The van der Waals surface area contributed by atoms with Gasteiger partial charge in [-0.1, -0.05) is 0 Å². The molecule has 1 aliphatic rings. The molecule has 0 amide bonds. The second-order valence-corrected chi connectivity index (χ2v) is 4.90. The van der Waals surface area contributed by atoms with E-state index in [1.807, 2.05) is 0 Å². The van der Waals surface area contributed by atoms with Crippen molar-refractivity contribution in [2.24, 2.45) is 0 Å². The normalized spacial score (nSPS) is 20.3. The van der Waals surface area contributed by atoms with Gasteiger partial charge in [-0.3, -0.25) is 0 Å². The highest BCUT2D eigenvalue weighted by molar-refractivity contribution is 7.92. The van der Waals surface area contributed by atoms with Crippen molar-refractivity contribution < 1.29 is 21.6 Å². The van der Waals surface area contributed by atoms with E-state index in [-0.39, 0.29) is 0 Å². The van der Waals surface area contributed by atoms with Crippen molar-refractivity contribution in [1.29, 1.82) is 0 Å². The molecular formula is C5H7F3O2S. The van der Waals surface area contributed by atoms with Crippen LogP contribution in [0.5, 0.6) is 0 Å². The first-order valence-electron chi connectivity index (χ1n) is 3.09. The summed E-state index contributed by atoms with van der Waals surface area (Å²) < 4.78 is 56.1. The van der Waals surface area contributed by atoms with E-state index in [2.05, 4.69) is 0 Å². The van der Waals surface area contributed by atoms with Gasteiger partial charge < -0.3 is 0 Å². The van der Waals surface area contributed by atoms with Gasteiger partial charge in [-0.2, -0.15) is 13.2 Å². The largest absolute Gasteiger partial charge is 0.402 e. The first-order valence-corrected chi connectivity index (χ1v) is 4.81. The Labute approximate surface area is 62.3 Å². The van der Waals surface area contributed by atoms with E-state index >= 15 is 0 Å². The molecule has 0 aromatic rings. The van der Waals surface area contributed by atoms with E-state index in [4.69, 9.17) is 0 Å². The fourth-order valence-electron chi connectivity index (χ4n) is 0.773. The van der Waals surface area contributed by atoms with E-state index in [1.165, 1.54) is 0 Å². The standard InChI is InChI=1S/C5H7F3O2S/c6-5(7,8)3-11(9,10)4-1-2-4/h4H,1-3H2. The summed E-state index contributed by atoms with van der Waals surface area (Å²) in [6, 6.07) is 0. The SMILES string of the molecule is O=S(=O)(CC(F)(F)F)C1CC1. The van der Waals surface area contributed by atoms with Crippen LogP contribution in [0, 0.1) is 0 Å². The van der Waals surface area contributed by atoms with Crippen molar-refractivity contribution in [3.05, 3.63) is 0 Å². The molecule has 0 aromatic carbocycles. The average Bonchev–Trinajstić information content (AvgIpc) is 2.30. The first kappa shape index (κ1) is 8.83. The van der Waals surface area contributed by atoms with E-state index in [9.17, 15) is 21.6 Å². The first-order chi connectivity index (χ1) is 4.81. The van der Waals surface area contributed by atoms with Crippen molar-refractivity contribution in [1.82, 2.24) is 0 Å². The van der Waals surface area contributed by atoms with E-state index in [1.54, 1.807) is 0 Å². The monoisotopic (exact) mass is 188 g/mol. The predicted molar refractivity (Wildman–Crippen MR) is 32.9 cm³/mol. The van der Waals surface area contributed by atoms with Crippen LogP contribution in [0.1, 0.15) is 12.8 Å². The molecule has 11 heavy (non-hydrogen) atoms. The van der Waals surface area contributed by atoms with Gasteiger partial charge in [0.1, 0.15) is 5.75 Å². The number of hydrogen-bond acceptors (Lipinski definition) is 2. The Balaban J connectivity index is 2.60. The van der Waals surface area contributed by atoms with Gasteiger partial charge in [0.15, 0.2) is 9.84 Å². The summed E-state index contributed by atoms with van der Waals surface area (Å²) in [6.45, 7) is 0. The van der Waals surface area contributed by atoms with Gasteiger partial charge in [0.05, 0.1) is 5.25 Å². The fourth-order valence-corrected chi connectivity index (χ4v) is 2.32. The van der Waals surface area contributed by atoms with Crippen LogP contribution in [-0.4, -0.2) is 25.6 Å². The van der Waals surface area contributed by atoms with Crippen LogP contribution in [0.2, 0.25) is 0 Å². The summed E-state index contributed by atoms with van der Waals surface area (Å²) >= 11 is 0. The zero-order valence-corrected chi connectivity index (χ0v) is 6.37. The predicted octanol–water partition coefficient (Wildman–Crippen LogP) is 1.13. The van der Waals surface area contributed by atoms with Crippen LogP contribution in [-0.2, 0) is 9.84 Å². The van der Waals surface area contributed by atoms with Crippen molar-refractivity contribution in [3.63, 3.8) is 0 Å². The van der Waals surface area contributed by atoms with E-state index < -0.39 is 27.0 Å². The third kappa shape index (κ3) is 2.69. The van der Waals surface area contributed by atoms with Gasteiger partial charge in [0, 0.05) is 0 Å². The number of alkyl halides is 3. The number of sulfone groups is 1. The molecule has 0 unspecified atom stereocenters. The Morgan fingerprint density at radius 3 is 2.00 bits per heavy atom. The second kappa shape index (κ2) is 2.36. The molecule has 0 saturated heterocycles. The Morgan fingerprint density at radius 1 is 1.27 bits per heavy atom. The Bertz CT molecular complexity index is 237. The zero-order valence-electron chi connectivity index (χ0n) is 5.56. The molecule has 1 fully saturated rings. The molecule has 2 nitrogen and oxygen atoms in total. The molecule has 1 aliphatic carbocycles. The van der Waals surface area contributed by atoms with Crippen molar-refractivity contribution in [2.75, 3.05) is 5.75 Å². The molecule has 0 heterocycles. The molecule has 1 rings (SSSR count). The summed E-state index contributed by atoms with van der Waals surface area (Å²) in [5.74, 6) is -1.66. The van der Waals surface area contributed by atoms with Crippen LogP contribution in [0.15, 0.2) is 0 Å². The molecule has 66 valence electrons. The Hall–Kier alpha value is -0.260. The number of halogens is 3. The lowest BCUT2D eigenvalue weighted by Gasteiger charge is -2.05. The van der Waals surface area contributed by atoms with Gasteiger partial charge in [-0.25, -0.2) is 8.42 Å². The molecule has 0 spiro atoms.